The number of ether oxygens (including phenoxy) is 2. The molecule has 0 N–H and O–H groups in total. The van der Waals surface area contributed by atoms with Crippen LogP contribution in [0.2, 0.25) is 0 Å². The van der Waals surface area contributed by atoms with E-state index in [1.807, 2.05) is 44.2 Å². The van der Waals surface area contributed by atoms with Crippen molar-refractivity contribution in [2.75, 3.05) is 19.0 Å². The average molecular weight is 268 g/mol. The molecule has 0 spiro atoms. The molecule has 1 rings (SSSR count). The van der Waals surface area contributed by atoms with Crippen LogP contribution in [0.1, 0.15) is 20.3 Å². The van der Waals surface area contributed by atoms with Crippen molar-refractivity contribution in [1.29, 1.82) is 0 Å². The molecule has 0 bridgehead atoms. The van der Waals surface area contributed by atoms with Crippen molar-refractivity contribution in [2.24, 2.45) is 0 Å². The van der Waals surface area contributed by atoms with Gasteiger partial charge in [-0.3, -0.25) is 4.79 Å². The van der Waals surface area contributed by atoms with Crippen molar-refractivity contribution in [2.45, 2.75) is 31.3 Å². The molecule has 0 saturated heterocycles. The Kier molecular flexibility index (Phi) is 7.53. The minimum absolute atomic E-state index is 0.161. The maximum absolute atomic E-state index is 11.4. The first-order chi connectivity index (χ1) is 8.68. The molecule has 100 valence electrons. The van der Waals surface area contributed by atoms with Crippen LogP contribution in [-0.4, -0.2) is 31.0 Å². The number of hydrogen-bond donors (Lipinski definition) is 0. The smallest absolute Gasteiger partial charge is 0.306 e. The monoisotopic (exact) mass is 268 g/mol. The summed E-state index contributed by atoms with van der Waals surface area (Å²) in [4.78, 5) is 12.6. The highest BCUT2D eigenvalue weighted by atomic mass is 32.2. The minimum Gasteiger partial charge on any atom is -0.463 e. The molecule has 0 aliphatic carbocycles. The molecule has 0 saturated carbocycles. The van der Waals surface area contributed by atoms with E-state index in [0.29, 0.717) is 19.6 Å². The number of rotatable bonds is 8. The van der Waals surface area contributed by atoms with Gasteiger partial charge >= 0.3 is 5.97 Å². The third-order valence-corrected chi connectivity index (χ3v) is 3.13. The number of hydrogen-bond acceptors (Lipinski definition) is 4. The summed E-state index contributed by atoms with van der Waals surface area (Å²) < 4.78 is 10.3. The zero-order chi connectivity index (χ0) is 13.2. The summed E-state index contributed by atoms with van der Waals surface area (Å²) in [6, 6.07) is 10.0. The molecule has 0 aliphatic heterocycles. The van der Waals surface area contributed by atoms with Crippen LogP contribution in [-0.2, 0) is 14.3 Å². The Labute approximate surface area is 113 Å². The molecule has 3 nitrogen and oxygen atoms in total. The van der Waals surface area contributed by atoms with Crippen molar-refractivity contribution in [3.05, 3.63) is 30.3 Å². The van der Waals surface area contributed by atoms with Gasteiger partial charge in [-0.1, -0.05) is 18.2 Å². The molecule has 0 aromatic heterocycles. The van der Waals surface area contributed by atoms with E-state index >= 15 is 0 Å². The number of thioether (sulfide) groups is 1. The molecular weight excluding hydrogens is 248 g/mol. The second-order valence-corrected chi connectivity index (χ2v) is 5.22. The largest absolute Gasteiger partial charge is 0.463 e. The van der Waals surface area contributed by atoms with Crippen molar-refractivity contribution in [1.82, 2.24) is 0 Å². The van der Waals surface area contributed by atoms with Crippen LogP contribution < -0.4 is 0 Å². The topological polar surface area (TPSA) is 35.5 Å². The number of carbonyl (C=O) groups excluding carboxylic acids is 1. The summed E-state index contributed by atoms with van der Waals surface area (Å²) in [6.07, 6.45) is 0.610. The van der Waals surface area contributed by atoms with Gasteiger partial charge in [0.15, 0.2) is 0 Å². The molecule has 18 heavy (non-hydrogen) atoms. The molecule has 0 aliphatic rings. The van der Waals surface area contributed by atoms with E-state index < -0.39 is 0 Å². The molecule has 4 heteroatoms. The molecular formula is C14H20O3S. The lowest BCUT2D eigenvalue weighted by Gasteiger charge is -2.08. The molecule has 0 fully saturated rings. The number of benzene rings is 1. The Morgan fingerprint density at radius 2 is 1.94 bits per heavy atom. The fraction of sp³-hybridized carbons (Fsp3) is 0.500. The predicted molar refractivity (Wildman–Crippen MR) is 73.8 cm³/mol. The molecule has 0 heterocycles. The highest BCUT2D eigenvalue weighted by Gasteiger charge is 2.03. The first kappa shape index (κ1) is 15.1. The third kappa shape index (κ3) is 7.35. The fourth-order valence-electron chi connectivity index (χ4n) is 1.28. The normalized spacial score (nSPS) is 10.6. The van der Waals surface area contributed by atoms with Crippen molar-refractivity contribution < 1.29 is 14.3 Å². The number of carbonyl (C=O) groups is 1. The molecule has 0 unspecified atom stereocenters. The van der Waals surface area contributed by atoms with Crippen LogP contribution in [0.5, 0.6) is 0 Å². The maximum atomic E-state index is 11.4. The summed E-state index contributed by atoms with van der Waals surface area (Å²) in [5.74, 6) is 0.583. The van der Waals surface area contributed by atoms with Gasteiger partial charge in [0.05, 0.1) is 19.1 Å². The van der Waals surface area contributed by atoms with Gasteiger partial charge in [-0.2, -0.15) is 0 Å². The molecule has 0 radical (unpaired) electrons. The van der Waals surface area contributed by atoms with Gasteiger partial charge in [0.2, 0.25) is 0 Å². The van der Waals surface area contributed by atoms with Gasteiger partial charge in [-0.05, 0) is 26.0 Å². The number of esters is 1. The van der Waals surface area contributed by atoms with Crippen LogP contribution >= 0.6 is 11.8 Å². The summed E-state index contributed by atoms with van der Waals surface area (Å²) in [6.45, 7) is 4.72. The predicted octanol–water partition coefficient (Wildman–Crippen LogP) is 3.14. The highest BCUT2D eigenvalue weighted by molar-refractivity contribution is 7.99. The van der Waals surface area contributed by atoms with Gasteiger partial charge < -0.3 is 9.47 Å². The van der Waals surface area contributed by atoms with Gasteiger partial charge in [0.1, 0.15) is 6.61 Å². The van der Waals surface area contributed by atoms with E-state index in [-0.39, 0.29) is 12.1 Å². The summed E-state index contributed by atoms with van der Waals surface area (Å²) in [5.41, 5.74) is 0. The molecule has 1 aromatic rings. The summed E-state index contributed by atoms with van der Waals surface area (Å²) in [7, 11) is 0. The van der Waals surface area contributed by atoms with Crippen molar-refractivity contribution in [3.63, 3.8) is 0 Å². The highest BCUT2D eigenvalue weighted by Crippen LogP contribution is 2.17. The Balaban J connectivity index is 2.03. The summed E-state index contributed by atoms with van der Waals surface area (Å²) in [5, 5.41) is 0. The van der Waals surface area contributed by atoms with Gasteiger partial charge in [0.25, 0.3) is 0 Å². The Morgan fingerprint density at radius 1 is 1.22 bits per heavy atom. The van der Waals surface area contributed by atoms with Crippen LogP contribution in [0.25, 0.3) is 0 Å². The van der Waals surface area contributed by atoms with Gasteiger partial charge in [-0.25, -0.2) is 0 Å². The SMILES string of the molecule is CC(C)OCCOC(=O)CCSc1ccccc1. The third-order valence-electron chi connectivity index (χ3n) is 2.12. The second kappa shape index (κ2) is 9.00. The Bertz CT molecular complexity index is 338. The lowest BCUT2D eigenvalue weighted by atomic mass is 10.4. The van der Waals surface area contributed by atoms with E-state index in [1.165, 1.54) is 4.90 Å². The standard InChI is InChI=1S/C14H20O3S/c1-12(2)16-9-10-17-14(15)8-11-18-13-6-4-3-5-7-13/h3-7,12H,8-11H2,1-2H3. The van der Waals surface area contributed by atoms with Crippen LogP contribution in [0, 0.1) is 0 Å². The Morgan fingerprint density at radius 3 is 2.61 bits per heavy atom. The summed E-state index contributed by atoms with van der Waals surface area (Å²) >= 11 is 1.66. The minimum atomic E-state index is -0.161. The van der Waals surface area contributed by atoms with E-state index in [1.54, 1.807) is 11.8 Å². The lowest BCUT2D eigenvalue weighted by Crippen LogP contribution is -2.13. The maximum Gasteiger partial charge on any atom is 0.306 e. The van der Waals surface area contributed by atoms with Crippen molar-refractivity contribution in [3.8, 4) is 0 Å². The van der Waals surface area contributed by atoms with Gasteiger partial charge in [-0.15, -0.1) is 11.8 Å². The van der Waals surface area contributed by atoms with Crippen LogP contribution in [0.3, 0.4) is 0 Å². The van der Waals surface area contributed by atoms with Crippen LogP contribution in [0.15, 0.2) is 35.2 Å². The zero-order valence-electron chi connectivity index (χ0n) is 10.9. The van der Waals surface area contributed by atoms with E-state index in [4.69, 9.17) is 9.47 Å². The first-order valence-corrected chi connectivity index (χ1v) is 7.12. The molecule has 0 amide bonds. The molecule has 0 atom stereocenters. The Hall–Kier alpha value is -1.00. The fourth-order valence-corrected chi connectivity index (χ4v) is 2.13. The zero-order valence-corrected chi connectivity index (χ0v) is 11.7. The van der Waals surface area contributed by atoms with E-state index in [9.17, 15) is 4.79 Å². The average Bonchev–Trinajstić information content (AvgIpc) is 2.36. The van der Waals surface area contributed by atoms with Crippen molar-refractivity contribution >= 4 is 17.7 Å². The molecule has 1 aromatic carbocycles. The quantitative estimate of drug-likeness (QED) is 0.412. The van der Waals surface area contributed by atoms with E-state index in [2.05, 4.69) is 0 Å². The van der Waals surface area contributed by atoms with Gasteiger partial charge in [0, 0.05) is 10.6 Å². The second-order valence-electron chi connectivity index (χ2n) is 4.05. The lowest BCUT2D eigenvalue weighted by molar-refractivity contribution is -0.145. The van der Waals surface area contributed by atoms with E-state index in [0.717, 1.165) is 5.75 Å². The first-order valence-electron chi connectivity index (χ1n) is 6.13. The van der Waals surface area contributed by atoms with Crippen LogP contribution in [0.4, 0.5) is 0 Å².